The van der Waals surface area contributed by atoms with Crippen molar-refractivity contribution in [1.82, 2.24) is 14.5 Å². The molecule has 1 unspecified atom stereocenters. The molecule has 196 valence electrons. The van der Waals surface area contributed by atoms with E-state index < -0.39 is 26.1 Å². The van der Waals surface area contributed by atoms with Crippen molar-refractivity contribution in [3.05, 3.63) is 44.1 Å². The summed E-state index contributed by atoms with van der Waals surface area (Å²) in [5.41, 5.74) is 0.537. The van der Waals surface area contributed by atoms with E-state index in [0.717, 1.165) is 14.8 Å². The van der Waals surface area contributed by atoms with Crippen molar-refractivity contribution in [2.75, 3.05) is 12.9 Å². The highest BCUT2D eigenvalue weighted by Gasteiger charge is 2.31. The van der Waals surface area contributed by atoms with Gasteiger partial charge in [-0.25, -0.2) is 14.2 Å². The van der Waals surface area contributed by atoms with Gasteiger partial charge in [-0.2, -0.15) is 0 Å². The number of halogens is 3. The lowest BCUT2D eigenvalue weighted by Crippen LogP contribution is -2.43. The van der Waals surface area contributed by atoms with Gasteiger partial charge in [0.25, 0.3) is 0 Å². The monoisotopic (exact) mass is 655 g/mol. The Morgan fingerprint density at radius 2 is 1.89 bits per heavy atom. The summed E-state index contributed by atoms with van der Waals surface area (Å²) in [7, 11) is -1.25. The van der Waals surface area contributed by atoms with Gasteiger partial charge in [-0.05, 0) is 74.7 Å². The van der Waals surface area contributed by atoms with Gasteiger partial charge in [-0.1, -0.05) is 37.3 Å². The molecule has 11 heteroatoms. The zero-order chi connectivity index (χ0) is 26.5. The van der Waals surface area contributed by atoms with Gasteiger partial charge in [-0.15, -0.1) is 11.8 Å². The summed E-state index contributed by atoms with van der Waals surface area (Å²) in [5, 5.41) is 0.755. The fourth-order valence-corrected chi connectivity index (χ4v) is 6.12. The van der Waals surface area contributed by atoms with Crippen LogP contribution in [-0.2, 0) is 16.2 Å². The van der Waals surface area contributed by atoms with Crippen molar-refractivity contribution in [2.24, 2.45) is 0 Å². The van der Waals surface area contributed by atoms with E-state index in [2.05, 4.69) is 42.2 Å². The molecule has 0 aliphatic rings. The maximum atomic E-state index is 14.0. The third-order valence-electron chi connectivity index (χ3n) is 5.34. The molecule has 1 aromatic carbocycles. The number of amides is 1. The summed E-state index contributed by atoms with van der Waals surface area (Å²) in [6.45, 7) is 15.6. The van der Waals surface area contributed by atoms with E-state index >= 15 is 0 Å². The first kappa shape index (κ1) is 30.4. The zero-order valence-electron chi connectivity index (χ0n) is 21.7. The topological polar surface area (TPSA) is 56.6 Å². The van der Waals surface area contributed by atoms with Crippen LogP contribution in [0.3, 0.4) is 0 Å². The minimum absolute atomic E-state index is 0.0441. The average Bonchev–Trinajstić information content (AvgIpc) is 3.05. The Hall–Kier alpha value is -0.823. The van der Waals surface area contributed by atoms with Crippen molar-refractivity contribution >= 4 is 60.1 Å². The Balaban J connectivity index is 2.52. The Kier molecular flexibility index (Phi) is 11.4. The quantitative estimate of drug-likeness (QED) is 0.108. The summed E-state index contributed by atoms with van der Waals surface area (Å²) in [6.07, 6.45) is 0.575. The molecule has 2 aromatic rings. The Morgan fingerprint density at radius 3 is 2.40 bits per heavy atom. The third-order valence-corrected chi connectivity index (χ3v) is 9.46. The molecule has 0 bridgehead atoms. The smallest absolute Gasteiger partial charge is 0.411 e. The molecule has 0 saturated heterocycles. The van der Waals surface area contributed by atoms with Crippen LogP contribution in [0.25, 0.3) is 0 Å². The van der Waals surface area contributed by atoms with Crippen molar-refractivity contribution < 1.29 is 18.7 Å². The Morgan fingerprint density at radius 1 is 1.26 bits per heavy atom. The number of hydrogen-bond acceptors (Lipinski definition) is 5. The molecular weight excluding hydrogens is 620 g/mol. The number of aromatic nitrogens is 2. The van der Waals surface area contributed by atoms with Crippen LogP contribution in [-0.4, -0.2) is 53.6 Å². The number of rotatable bonds is 11. The van der Waals surface area contributed by atoms with Gasteiger partial charge in [0.15, 0.2) is 11.9 Å². The molecule has 0 spiro atoms. The first-order chi connectivity index (χ1) is 16.3. The molecule has 6 nitrogen and oxygen atoms in total. The van der Waals surface area contributed by atoms with Crippen molar-refractivity contribution in [3.8, 4) is 0 Å². The molecule has 0 aliphatic heterocycles. The summed E-state index contributed by atoms with van der Waals surface area (Å²) >= 11 is 9.85. The largest absolute Gasteiger partial charge is 0.433 e. The Bertz CT molecular complexity index is 1010. The van der Waals surface area contributed by atoms with Gasteiger partial charge < -0.3 is 14.4 Å². The van der Waals surface area contributed by atoms with Crippen molar-refractivity contribution in [1.29, 1.82) is 0 Å². The van der Waals surface area contributed by atoms with E-state index in [0.29, 0.717) is 18.0 Å². The molecule has 35 heavy (non-hydrogen) atoms. The number of carbonyl (C=O) groups excluding carboxylic acids is 1. The molecule has 0 radical (unpaired) electrons. The minimum Gasteiger partial charge on any atom is -0.433 e. The second kappa shape index (κ2) is 13.1. The minimum atomic E-state index is -1.25. The van der Waals surface area contributed by atoms with E-state index in [4.69, 9.17) is 26.1 Å². The molecule has 2 rings (SSSR count). The zero-order valence-corrected chi connectivity index (χ0v) is 26.4. The van der Waals surface area contributed by atoms with Crippen LogP contribution in [0.2, 0.25) is 30.7 Å². The predicted octanol–water partition coefficient (Wildman–Crippen LogP) is 7.66. The summed E-state index contributed by atoms with van der Waals surface area (Å²) in [4.78, 5) is 19.8. The molecule has 1 heterocycles. The van der Waals surface area contributed by atoms with Crippen LogP contribution in [0.5, 0.6) is 0 Å². The fraction of sp³-hybridized carbons (Fsp3) is 0.583. The average molecular weight is 656 g/mol. The standard InChI is InChI=1S/C24H36ClFIN3O3SSi/c1-15(2)30(16(3)4)24(31)33-20(17-9-10-19(26)18(25)13-17)22-28-23(34-5)21(27)29(22)14-32-11-12-35(6,7)8/h9-10,13,15-16,20H,11-12,14H2,1-8H3. The number of nitrogens with zero attached hydrogens (tertiary/aromatic N) is 3. The van der Waals surface area contributed by atoms with E-state index in [1.807, 2.05) is 38.5 Å². The van der Waals surface area contributed by atoms with Crippen LogP contribution in [0, 0.1) is 9.52 Å². The summed E-state index contributed by atoms with van der Waals surface area (Å²) in [6, 6.07) is 5.25. The maximum Gasteiger partial charge on any atom is 0.411 e. The molecule has 1 amide bonds. The molecule has 0 saturated carbocycles. The normalized spacial score (nSPS) is 12.9. The van der Waals surface area contributed by atoms with Crippen LogP contribution in [0.15, 0.2) is 23.2 Å². The Labute approximate surface area is 232 Å². The first-order valence-electron chi connectivity index (χ1n) is 11.6. The van der Waals surface area contributed by atoms with Gasteiger partial charge >= 0.3 is 6.09 Å². The first-order valence-corrected chi connectivity index (χ1v) is 18.0. The summed E-state index contributed by atoms with van der Waals surface area (Å²) < 4.78 is 28.9. The molecule has 0 N–H and O–H groups in total. The van der Waals surface area contributed by atoms with Crippen LogP contribution >= 0.6 is 46.0 Å². The van der Waals surface area contributed by atoms with Crippen LogP contribution < -0.4 is 0 Å². The lowest BCUT2D eigenvalue weighted by Gasteiger charge is -2.31. The summed E-state index contributed by atoms with van der Waals surface area (Å²) in [5.74, 6) is -0.0286. The van der Waals surface area contributed by atoms with E-state index in [1.54, 1.807) is 11.0 Å². The van der Waals surface area contributed by atoms with Gasteiger partial charge in [0.05, 0.1) is 5.02 Å². The molecule has 1 atom stereocenters. The van der Waals surface area contributed by atoms with E-state index in [-0.39, 0.29) is 23.8 Å². The SMILES string of the molecule is CSc1nc(C(OC(=O)N(C(C)C)C(C)C)c2ccc(F)c(Cl)c2)n(COCC[Si](C)(C)C)c1I. The van der Waals surface area contributed by atoms with Gasteiger partial charge in [0.2, 0.25) is 0 Å². The highest BCUT2D eigenvalue weighted by Crippen LogP contribution is 2.34. The molecule has 0 aliphatic carbocycles. The van der Waals surface area contributed by atoms with Crippen molar-refractivity contribution in [2.45, 2.75) is 83.3 Å². The highest BCUT2D eigenvalue weighted by molar-refractivity contribution is 14.1. The lowest BCUT2D eigenvalue weighted by atomic mass is 10.1. The van der Waals surface area contributed by atoms with Gasteiger partial charge in [-0.3, -0.25) is 4.57 Å². The molecular formula is C24H36ClFIN3O3SSi. The number of carbonyl (C=O) groups is 1. The lowest BCUT2D eigenvalue weighted by molar-refractivity contribution is 0.0454. The maximum absolute atomic E-state index is 14.0. The van der Waals surface area contributed by atoms with E-state index in [9.17, 15) is 9.18 Å². The highest BCUT2D eigenvalue weighted by atomic mass is 127. The van der Waals surface area contributed by atoms with Gasteiger partial charge in [0, 0.05) is 32.3 Å². The van der Waals surface area contributed by atoms with Crippen LogP contribution in [0.4, 0.5) is 9.18 Å². The van der Waals surface area contributed by atoms with Crippen molar-refractivity contribution in [3.63, 3.8) is 0 Å². The number of ether oxygens (including phenoxy) is 2. The third kappa shape index (κ3) is 8.34. The number of imidazole rings is 1. The van der Waals surface area contributed by atoms with E-state index in [1.165, 1.54) is 23.9 Å². The van der Waals surface area contributed by atoms with Gasteiger partial charge in [0.1, 0.15) is 21.3 Å². The second-order valence-corrected chi connectivity index (χ2v) is 17.9. The number of thioether (sulfide) groups is 1. The number of benzene rings is 1. The molecule has 0 fully saturated rings. The fourth-order valence-electron chi connectivity index (χ4n) is 3.54. The molecule has 1 aromatic heterocycles. The second-order valence-electron chi connectivity index (χ2n) is 10.1. The van der Waals surface area contributed by atoms with Crippen LogP contribution in [0.1, 0.15) is 45.2 Å². The number of hydrogen-bond donors (Lipinski definition) is 0. The predicted molar refractivity (Wildman–Crippen MR) is 153 cm³/mol.